The Morgan fingerprint density at radius 1 is 0.960 bits per heavy atom. The standard InChI is InChI=1S/C45H53N5/c1-8-11-14-30(4)32(6)46-28-31(5)35-18-20-36(21-19-35)37-22-24-38(25-23-37)42-29-47-45(49-42)43-17-13-26-50(43)33(7)44-40-16-12-15-34(9-2)41(40)27-39(10-3)48-44/h12,15-16,18-25,27-30,43H,7-11,13-14,17,26H2,1-6H3,(H,47,49)/b31-28+,46-32+/t30-,43-/m0/s1. The highest BCUT2D eigenvalue weighted by molar-refractivity contribution is 5.94. The van der Waals surface area contributed by atoms with E-state index < -0.39 is 0 Å². The van der Waals surface area contributed by atoms with Crippen molar-refractivity contribution in [1.29, 1.82) is 0 Å². The van der Waals surface area contributed by atoms with Gasteiger partial charge < -0.3 is 9.88 Å². The summed E-state index contributed by atoms with van der Waals surface area (Å²) >= 11 is 0. The highest BCUT2D eigenvalue weighted by Gasteiger charge is 2.31. The number of benzene rings is 3. The minimum atomic E-state index is 0.141. The maximum atomic E-state index is 5.12. The first-order valence-corrected chi connectivity index (χ1v) is 18.7. The molecule has 5 nitrogen and oxygen atoms in total. The molecule has 0 radical (unpaired) electrons. The van der Waals surface area contributed by atoms with Gasteiger partial charge in [0, 0.05) is 29.5 Å². The molecule has 0 unspecified atom stereocenters. The van der Waals surface area contributed by atoms with E-state index in [-0.39, 0.29) is 6.04 Å². The first kappa shape index (κ1) is 35.1. The second-order valence-corrected chi connectivity index (χ2v) is 13.9. The number of pyridine rings is 1. The summed E-state index contributed by atoms with van der Waals surface area (Å²) in [6.07, 6.45) is 11.7. The molecule has 0 spiro atoms. The Labute approximate surface area is 299 Å². The van der Waals surface area contributed by atoms with Gasteiger partial charge >= 0.3 is 0 Å². The Hall–Kier alpha value is -4.77. The number of hydrogen-bond acceptors (Lipinski definition) is 4. The van der Waals surface area contributed by atoms with Crippen molar-refractivity contribution in [3.63, 3.8) is 0 Å². The van der Waals surface area contributed by atoms with Crippen LogP contribution >= 0.6 is 0 Å². The molecule has 1 saturated heterocycles. The lowest BCUT2D eigenvalue weighted by Crippen LogP contribution is -2.23. The Morgan fingerprint density at radius 3 is 2.38 bits per heavy atom. The maximum Gasteiger partial charge on any atom is 0.129 e. The van der Waals surface area contributed by atoms with E-state index >= 15 is 0 Å². The molecule has 3 heterocycles. The van der Waals surface area contributed by atoms with Crippen LogP contribution in [0.1, 0.15) is 108 Å². The van der Waals surface area contributed by atoms with E-state index in [0.717, 1.165) is 66.4 Å². The van der Waals surface area contributed by atoms with Gasteiger partial charge in [-0.2, -0.15) is 0 Å². The smallest absolute Gasteiger partial charge is 0.129 e. The van der Waals surface area contributed by atoms with E-state index in [2.05, 4.69) is 131 Å². The Balaban J connectivity index is 1.16. The van der Waals surface area contributed by atoms with Crippen LogP contribution in [0.25, 0.3) is 44.4 Å². The van der Waals surface area contributed by atoms with Crippen molar-refractivity contribution >= 4 is 27.8 Å². The molecule has 0 amide bonds. The molecular formula is C45H53N5. The number of H-pyrrole nitrogens is 1. The number of hydrogen-bond donors (Lipinski definition) is 1. The summed E-state index contributed by atoms with van der Waals surface area (Å²) in [5, 5.41) is 2.48. The van der Waals surface area contributed by atoms with Gasteiger partial charge in [0.25, 0.3) is 0 Å². The number of allylic oxidation sites excluding steroid dienone is 1. The summed E-state index contributed by atoms with van der Waals surface area (Å²) in [6, 6.07) is 26.6. The largest absolute Gasteiger partial charge is 0.360 e. The number of aromatic nitrogens is 3. The van der Waals surface area contributed by atoms with Crippen molar-refractivity contribution in [2.75, 3.05) is 6.54 Å². The second kappa shape index (κ2) is 15.8. The minimum Gasteiger partial charge on any atom is -0.360 e. The third-order valence-corrected chi connectivity index (χ3v) is 10.6. The Morgan fingerprint density at radius 2 is 1.68 bits per heavy atom. The molecule has 2 aromatic heterocycles. The molecule has 1 aliphatic rings. The van der Waals surface area contributed by atoms with Gasteiger partial charge in [-0.3, -0.25) is 9.98 Å². The van der Waals surface area contributed by atoms with E-state index in [1.165, 1.54) is 63.6 Å². The minimum absolute atomic E-state index is 0.141. The topological polar surface area (TPSA) is 57.2 Å². The van der Waals surface area contributed by atoms with Crippen LogP contribution in [0.3, 0.4) is 0 Å². The van der Waals surface area contributed by atoms with Crippen LogP contribution in [-0.2, 0) is 12.8 Å². The molecule has 0 saturated carbocycles. The quantitative estimate of drug-likeness (QED) is 0.128. The summed E-state index contributed by atoms with van der Waals surface area (Å²) in [4.78, 5) is 20.9. The number of likely N-dealkylation sites (tertiary alicyclic amines) is 1. The summed E-state index contributed by atoms with van der Waals surface area (Å²) in [5.74, 6) is 1.51. The van der Waals surface area contributed by atoms with E-state index in [0.29, 0.717) is 5.92 Å². The van der Waals surface area contributed by atoms with E-state index in [1.54, 1.807) is 0 Å². The SMILES string of the molecule is C=C(c1nc(CC)cc2c(CC)cccc12)N1CCC[C@H]1c1ncc(-c2ccc(-c3ccc(/C(C)=C/N=C(\C)[C@@H](C)CCCC)cc3)cc2)[nH]1. The van der Waals surface area contributed by atoms with Crippen LogP contribution in [0.2, 0.25) is 0 Å². The molecule has 2 atom stereocenters. The van der Waals surface area contributed by atoms with Gasteiger partial charge in [0.1, 0.15) is 5.82 Å². The molecule has 3 aromatic carbocycles. The molecule has 1 N–H and O–H groups in total. The molecule has 1 aliphatic heterocycles. The van der Waals surface area contributed by atoms with Gasteiger partial charge in [0.05, 0.1) is 29.3 Å². The van der Waals surface area contributed by atoms with Crippen LogP contribution < -0.4 is 0 Å². The number of aromatic amines is 1. The number of aryl methyl sites for hydroxylation is 2. The van der Waals surface area contributed by atoms with Crippen LogP contribution in [0.5, 0.6) is 0 Å². The fourth-order valence-corrected chi connectivity index (χ4v) is 7.15. The number of rotatable bonds is 13. The van der Waals surface area contributed by atoms with Crippen LogP contribution in [0.15, 0.2) is 96.8 Å². The second-order valence-electron chi connectivity index (χ2n) is 13.9. The van der Waals surface area contributed by atoms with Crippen molar-refractivity contribution in [3.8, 4) is 22.4 Å². The molecule has 1 fully saturated rings. The third kappa shape index (κ3) is 7.52. The lowest BCUT2D eigenvalue weighted by molar-refractivity contribution is 0.366. The fourth-order valence-electron chi connectivity index (χ4n) is 7.15. The van der Waals surface area contributed by atoms with Gasteiger partial charge in [0.15, 0.2) is 0 Å². The zero-order chi connectivity index (χ0) is 35.2. The zero-order valence-electron chi connectivity index (χ0n) is 30.9. The van der Waals surface area contributed by atoms with Gasteiger partial charge in [-0.25, -0.2) is 4.98 Å². The molecular weight excluding hydrogens is 611 g/mol. The summed E-state index contributed by atoms with van der Waals surface area (Å²) in [7, 11) is 0. The highest BCUT2D eigenvalue weighted by Crippen LogP contribution is 2.39. The first-order chi connectivity index (χ1) is 24.3. The van der Waals surface area contributed by atoms with Gasteiger partial charge in [-0.15, -0.1) is 0 Å². The Kier molecular flexibility index (Phi) is 11.1. The maximum absolute atomic E-state index is 5.12. The monoisotopic (exact) mass is 663 g/mol. The molecule has 0 bridgehead atoms. The molecule has 258 valence electrons. The van der Waals surface area contributed by atoms with E-state index in [9.17, 15) is 0 Å². The lowest BCUT2D eigenvalue weighted by atomic mass is 9.99. The lowest BCUT2D eigenvalue weighted by Gasteiger charge is -2.28. The Bertz CT molecular complexity index is 1990. The number of aliphatic imine (C=N–C) groups is 1. The molecule has 50 heavy (non-hydrogen) atoms. The number of imidazole rings is 1. The molecule has 0 aliphatic carbocycles. The predicted molar refractivity (Wildman–Crippen MR) is 213 cm³/mol. The van der Waals surface area contributed by atoms with E-state index in [1.807, 2.05) is 12.4 Å². The number of fused-ring (bicyclic) bond motifs is 1. The highest BCUT2D eigenvalue weighted by atomic mass is 15.2. The average Bonchev–Trinajstić information content (AvgIpc) is 3.86. The number of nitrogens with one attached hydrogen (secondary N) is 1. The van der Waals surface area contributed by atoms with Crippen molar-refractivity contribution in [1.82, 2.24) is 19.9 Å². The molecule has 5 heteroatoms. The molecule has 6 rings (SSSR count). The summed E-state index contributed by atoms with van der Waals surface area (Å²) in [5.41, 5.74) is 12.6. The summed E-state index contributed by atoms with van der Waals surface area (Å²) in [6.45, 7) is 18.8. The van der Waals surface area contributed by atoms with Gasteiger partial charge in [-0.05, 0) is 96.7 Å². The van der Waals surface area contributed by atoms with Crippen molar-refractivity contribution in [3.05, 3.63) is 120 Å². The molecule has 5 aromatic rings. The predicted octanol–water partition coefficient (Wildman–Crippen LogP) is 11.9. The summed E-state index contributed by atoms with van der Waals surface area (Å²) < 4.78 is 0. The van der Waals surface area contributed by atoms with Crippen LogP contribution in [0.4, 0.5) is 0 Å². The average molecular weight is 664 g/mol. The van der Waals surface area contributed by atoms with Gasteiger partial charge in [0.2, 0.25) is 0 Å². The third-order valence-electron chi connectivity index (χ3n) is 10.6. The fraction of sp³-hybridized carbons (Fsp3) is 0.356. The van der Waals surface area contributed by atoms with Crippen molar-refractivity contribution < 1.29 is 0 Å². The van der Waals surface area contributed by atoms with Crippen molar-refractivity contribution in [2.45, 2.75) is 92.5 Å². The number of nitrogens with zero attached hydrogens (tertiary/aromatic N) is 4. The van der Waals surface area contributed by atoms with Crippen LogP contribution in [-0.4, -0.2) is 32.1 Å². The van der Waals surface area contributed by atoms with Crippen molar-refractivity contribution in [2.24, 2.45) is 10.9 Å². The first-order valence-electron chi connectivity index (χ1n) is 18.7. The van der Waals surface area contributed by atoms with Crippen LogP contribution in [0, 0.1) is 5.92 Å². The number of unbranched alkanes of at least 4 members (excludes halogenated alkanes) is 1. The normalized spacial score (nSPS) is 16.0. The zero-order valence-corrected chi connectivity index (χ0v) is 30.9. The van der Waals surface area contributed by atoms with Gasteiger partial charge in [-0.1, -0.05) is 114 Å². The van der Waals surface area contributed by atoms with E-state index in [4.69, 9.17) is 15.0 Å².